The summed E-state index contributed by atoms with van der Waals surface area (Å²) in [4.78, 5) is 14.3. The third-order valence-electron chi connectivity index (χ3n) is 9.22. The maximum atomic E-state index is 13.7. The molecule has 9 rings (SSSR count). The summed E-state index contributed by atoms with van der Waals surface area (Å²) in [5, 5.41) is 17.1. The van der Waals surface area contributed by atoms with E-state index in [0.29, 0.717) is 27.8 Å². The molecule has 2 heterocycles. The van der Waals surface area contributed by atoms with E-state index < -0.39 is 0 Å². The van der Waals surface area contributed by atoms with Crippen molar-refractivity contribution < 1.29 is 0 Å². The summed E-state index contributed by atoms with van der Waals surface area (Å²) < 4.78 is 3.78. The van der Waals surface area contributed by atoms with Crippen LogP contribution in [0.2, 0.25) is 5.02 Å². The highest BCUT2D eigenvalue weighted by Crippen LogP contribution is 2.58. The van der Waals surface area contributed by atoms with E-state index in [1.54, 1.807) is 10.9 Å². The number of hydrogen-bond acceptors (Lipinski definition) is 5. The van der Waals surface area contributed by atoms with E-state index in [9.17, 15) is 4.79 Å². The molecule has 4 aliphatic carbocycles. The van der Waals surface area contributed by atoms with Crippen LogP contribution in [0.5, 0.6) is 0 Å². The first kappa shape index (κ1) is 24.4. The van der Waals surface area contributed by atoms with Crippen LogP contribution in [0.1, 0.15) is 38.5 Å². The lowest BCUT2D eigenvalue weighted by atomic mass is 9.53. The van der Waals surface area contributed by atoms with Gasteiger partial charge in [0.15, 0.2) is 5.82 Å². The van der Waals surface area contributed by atoms with Gasteiger partial charge in [-0.3, -0.25) is 9.36 Å². The zero-order chi connectivity index (χ0) is 26.8. The van der Waals surface area contributed by atoms with Gasteiger partial charge in [-0.05, 0) is 90.9 Å². The molecule has 0 spiro atoms. The molecule has 0 atom stereocenters. The first-order valence-corrected chi connectivity index (χ1v) is 15.2. The second kappa shape index (κ2) is 9.32. The van der Waals surface area contributed by atoms with Crippen LogP contribution in [0, 0.1) is 17.8 Å². The van der Waals surface area contributed by atoms with Crippen molar-refractivity contribution >= 4 is 34.1 Å². The Labute approximate surface area is 241 Å². The summed E-state index contributed by atoms with van der Waals surface area (Å²) in [6.45, 7) is 0. The van der Waals surface area contributed by atoms with E-state index in [-0.39, 0.29) is 16.1 Å². The smallest absolute Gasteiger partial charge is 0.270 e. The van der Waals surface area contributed by atoms with E-state index in [1.165, 1.54) is 31.0 Å². The third kappa shape index (κ3) is 3.85. The first-order valence-electron chi connectivity index (χ1n) is 14.0. The summed E-state index contributed by atoms with van der Waals surface area (Å²) in [5.41, 5.74) is 1.56. The molecule has 0 amide bonds. The van der Waals surface area contributed by atoms with Crippen molar-refractivity contribution in [2.24, 2.45) is 17.8 Å². The van der Waals surface area contributed by atoms with Crippen LogP contribution in [-0.2, 0) is 5.54 Å². The summed E-state index contributed by atoms with van der Waals surface area (Å²) in [6, 6.07) is 24.5. The van der Waals surface area contributed by atoms with Crippen LogP contribution in [0.15, 0.2) is 93.8 Å². The molecule has 40 heavy (non-hydrogen) atoms. The molecule has 3 aromatic carbocycles. The standard InChI is InChI=1S/C32H28ClN5OS/c33-28-27(19-34-38(30(28)39)32-16-20-13-21(17-32)15-22(14-20)18-32)40-31-36-35-29(37(31)24-9-2-1-3-10-24)26-12-6-8-23-7-4-5-11-25(23)26/h1-12,19-22H,13-18H2. The number of benzene rings is 3. The molecule has 0 radical (unpaired) electrons. The Hall–Kier alpha value is -3.42. The second-order valence-corrected chi connectivity index (χ2v) is 13.2. The Bertz CT molecular complexity index is 1770. The summed E-state index contributed by atoms with van der Waals surface area (Å²) in [6.07, 6.45) is 8.83. The molecule has 4 aliphatic rings. The number of halogens is 1. The fourth-order valence-corrected chi connectivity index (χ4v) is 9.07. The SMILES string of the molecule is O=c1c(Cl)c(Sc2nnc(-c3cccc4ccccc34)n2-c2ccccc2)cnn1C12CC3CC(CC(C3)C1)C2. The summed E-state index contributed by atoms with van der Waals surface area (Å²) in [7, 11) is 0. The average Bonchev–Trinajstić information content (AvgIpc) is 3.38. The number of hydrogen-bond donors (Lipinski definition) is 0. The summed E-state index contributed by atoms with van der Waals surface area (Å²) in [5.74, 6) is 2.87. The maximum Gasteiger partial charge on any atom is 0.287 e. The minimum atomic E-state index is -0.186. The van der Waals surface area contributed by atoms with Crippen molar-refractivity contribution in [3.63, 3.8) is 0 Å². The predicted molar refractivity (Wildman–Crippen MR) is 158 cm³/mol. The van der Waals surface area contributed by atoms with E-state index in [4.69, 9.17) is 16.7 Å². The number of rotatable bonds is 5. The van der Waals surface area contributed by atoms with Gasteiger partial charge in [0.1, 0.15) is 5.02 Å². The van der Waals surface area contributed by atoms with Crippen LogP contribution >= 0.6 is 23.4 Å². The van der Waals surface area contributed by atoms with Gasteiger partial charge in [-0.25, -0.2) is 4.68 Å². The molecule has 6 nitrogen and oxygen atoms in total. The van der Waals surface area contributed by atoms with E-state index in [2.05, 4.69) is 34.5 Å². The van der Waals surface area contributed by atoms with Crippen molar-refractivity contribution in [2.45, 2.75) is 54.1 Å². The molecule has 4 bridgehead atoms. The van der Waals surface area contributed by atoms with Crippen LogP contribution in [0.3, 0.4) is 0 Å². The highest BCUT2D eigenvalue weighted by atomic mass is 35.5. The Kier molecular flexibility index (Phi) is 5.68. The molecule has 0 unspecified atom stereocenters. The summed E-state index contributed by atoms with van der Waals surface area (Å²) >= 11 is 8.18. The van der Waals surface area contributed by atoms with Gasteiger partial charge in [0.2, 0.25) is 5.16 Å². The molecule has 2 aromatic heterocycles. The minimum absolute atomic E-state index is 0.176. The van der Waals surface area contributed by atoms with Crippen LogP contribution in [-0.4, -0.2) is 24.5 Å². The Balaban J connectivity index is 1.21. The molecular weight excluding hydrogens is 538 g/mol. The molecule has 0 aliphatic heterocycles. The molecule has 4 fully saturated rings. The van der Waals surface area contributed by atoms with Crippen molar-refractivity contribution in [1.29, 1.82) is 0 Å². The zero-order valence-corrected chi connectivity index (χ0v) is 23.5. The van der Waals surface area contributed by atoms with Crippen molar-refractivity contribution in [2.75, 3.05) is 0 Å². The van der Waals surface area contributed by atoms with Gasteiger partial charge in [-0.2, -0.15) is 5.10 Å². The van der Waals surface area contributed by atoms with Crippen LogP contribution < -0.4 is 5.56 Å². The topological polar surface area (TPSA) is 65.6 Å². The van der Waals surface area contributed by atoms with E-state index in [0.717, 1.165) is 47.1 Å². The van der Waals surface area contributed by atoms with E-state index >= 15 is 0 Å². The van der Waals surface area contributed by atoms with Crippen molar-refractivity contribution in [3.8, 4) is 17.1 Å². The quantitative estimate of drug-likeness (QED) is 0.222. The molecule has 200 valence electrons. The lowest BCUT2D eigenvalue weighted by Crippen LogP contribution is -2.55. The second-order valence-electron chi connectivity index (χ2n) is 11.8. The van der Waals surface area contributed by atoms with Gasteiger partial charge in [0.25, 0.3) is 5.56 Å². The van der Waals surface area contributed by atoms with E-state index in [1.807, 2.05) is 53.1 Å². The highest BCUT2D eigenvalue weighted by molar-refractivity contribution is 7.99. The maximum absolute atomic E-state index is 13.7. The Morgan fingerprint density at radius 3 is 2.25 bits per heavy atom. The van der Waals surface area contributed by atoms with Crippen LogP contribution in [0.4, 0.5) is 0 Å². The number of nitrogens with zero attached hydrogens (tertiary/aromatic N) is 5. The molecule has 0 N–H and O–H groups in total. The minimum Gasteiger partial charge on any atom is -0.270 e. The fraction of sp³-hybridized carbons (Fsp3) is 0.312. The Morgan fingerprint density at radius 1 is 0.825 bits per heavy atom. The van der Waals surface area contributed by atoms with Gasteiger partial charge in [0.05, 0.1) is 16.6 Å². The van der Waals surface area contributed by atoms with Gasteiger partial charge >= 0.3 is 0 Å². The molecular formula is C32H28ClN5OS. The van der Waals surface area contributed by atoms with Crippen molar-refractivity contribution in [3.05, 3.63) is 94.4 Å². The van der Waals surface area contributed by atoms with Crippen molar-refractivity contribution in [1.82, 2.24) is 24.5 Å². The first-order chi connectivity index (χ1) is 19.6. The lowest BCUT2D eigenvalue weighted by Gasteiger charge is -2.56. The van der Waals surface area contributed by atoms with Crippen LogP contribution in [0.25, 0.3) is 27.8 Å². The largest absolute Gasteiger partial charge is 0.287 e. The van der Waals surface area contributed by atoms with Gasteiger partial charge in [0, 0.05) is 11.3 Å². The highest BCUT2D eigenvalue weighted by Gasteiger charge is 2.53. The third-order valence-corrected chi connectivity index (χ3v) is 10.7. The molecule has 0 saturated heterocycles. The predicted octanol–water partition coefficient (Wildman–Crippen LogP) is 7.37. The number of aromatic nitrogens is 5. The zero-order valence-electron chi connectivity index (χ0n) is 21.9. The van der Waals surface area contributed by atoms with Gasteiger partial charge in [-0.15, -0.1) is 10.2 Å². The number of fused-ring (bicyclic) bond motifs is 1. The normalized spacial score (nSPS) is 25.1. The fourth-order valence-electron chi connectivity index (χ4n) is 7.99. The molecule has 5 aromatic rings. The molecule has 8 heteroatoms. The van der Waals surface area contributed by atoms with Gasteiger partial charge in [-0.1, -0.05) is 72.3 Å². The Morgan fingerprint density at radius 2 is 1.50 bits per heavy atom. The lowest BCUT2D eigenvalue weighted by molar-refractivity contribution is -0.0520. The number of para-hydroxylation sites is 1. The average molecular weight is 566 g/mol. The monoisotopic (exact) mass is 565 g/mol. The molecule has 4 saturated carbocycles. The van der Waals surface area contributed by atoms with Gasteiger partial charge < -0.3 is 0 Å².